The highest BCUT2D eigenvalue weighted by molar-refractivity contribution is 6.31. The van der Waals surface area contributed by atoms with Crippen LogP contribution in [-0.4, -0.2) is 32.5 Å². The SMILES string of the molecule is O=C(O)C(Cl)C(C(=O)O)c1ccc([N+](=O)[O-])cc1. The van der Waals surface area contributed by atoms with E-state index in [1.807, 2.05) is 0 Å². The molecule has 0 radical (unpaired) electrons. The number of benzene rings is 1. The Labute approximate surface area is 106 Å². The zero-order chi connectivity index (χ0) is 13.9. The van der Waals surface area contributed by atoms with E-state index >= 15 is 0 Å². The third kappa shape index (κ3) is 2.95. The Kier molecular flexibility index (Phi) is 4.22. The molecule has 8 heteroatoms. The highest BCUT2D eigenvalue weighted by Crippen LogP contribution is 2.26. The Hall–Kier alpha value is -2.15. The number of alkyl halides is 1. The van der Waals surface area contributed by atoms with Gasteiger partial charge in [0.15, 0.2) is 0 Å². The van der Waals surface area contributed by atoms with Crippen LogP contribution in [0.4, 0.5) is 5.69 Å². The largest absolute Gasteiger partial charge is 0.481 e. The summed E-state index contributed by atoms with van der Waals surface area (Å²) in [6.45, 7) is 0. The molecule has 2 N–H and O–H groups in total. The quantitative estimate of drug-likeness (QED) is 0.476. The first kappa shape index (κ1) is 13.9. The van der Waals surface area contributed by atoms with Crippen molar-refractivity contribution >= 4 is 29.2 Å². The number of aliphatic carboxylic acids is 2. The molecule has 0 heterocycles. The molecule has 0 amide bonds. The van der Waals surface area contributed by atoms with Crippen molar-refractivity contribution in [3.8, 4) is 0 Å². The van der Waals surface area contributed by atoms with Crippen LogP contribution in [0.25, 0.3) is 0 Å². The van der Waals surface area contributed by atoms with Crippen LogP contribution in [0.2, 0.25) is 0 Å². The lowest BCUT2D eigenvalue weighted by atomic mass is 9.95. The molecule has 1 aromatic rings. The van der Waals surface area contributed by atoms with E-state index in [0.29, 0.717) is 0 Å². The molecule has 2 atom stereocenters. The first-order chi connectivity index (χ1) is 8.34. The molecular weight excluding hydrogens is 266 g/mol. The molecule has 0 spiro atoms. The van der Waals surface area contributed by atoms with E-state index < -0.39 is 28.2 Å². The summed E-state index contributed by atoms with van der Waals surface area (Å²) in [5.74, 6) is -4.35. The average molecular weight is 274 g/mol. The Morgan fingerprint density at radius 3 is 2.00 bits per heavy atom. The van der Waals surface area contributed by atoms with Gasteiger partial charge in [0.25, 0.3) is 5.69 Å². The maximum absolute atomic E-state index is 11.0. The third-order valence-electron chi connectivity index (χ3n) is 2.26. The monoisotopic (exact) mass is 273 g/mol. The zero-order valence-corrected chi connectivity index (χ0v) is 9.57. The lowest BCUT2D eigenvalue weighted by Crippen LogP contribution is -2.28. The molecule has 18 heavy (non-hydrogen) atoms. The predicted octanol–water partition coefficient (Wildman–Crippen LogP) is 1.46. The second-order valence-electron chi connectivity index (χ2n) is 3.40. The van der Waals surface area contributed by atoms with E-state index in [0.717, 1.165) is 12.1 Å². The molecule has 0 aliphatic rings. The fourth-order valence-corrected chi connectivity index (χ4v) is 1.64. The van der Waals surface area contributed by atoms with Gasteiger partial charge in [-0.15, -0.1) is 11.6 Å². The van der Waals surface area contributed by atoms with E-state index in [9.17, 15) is 19.7 Å². The maximum atomic E-state index is 11.0. The topological polar surface area (TPSA) is 118 Å². The second kappa shape index (κ2) is 5.46. The van der Waals surface area contributed by atoms with Crippen molar-refractivity contribution < 1.29 is 24.7 Å². The van der Waals surface area contributed by atoms with Gasteiger partial charge in [0.05, 0.1) is 4.92 Å². The van der Waals surface area contributed by atoms with Gasteiger partial charge in [-0.25, -0.2) is 0 Å². The Bertz CT molecular complexity index is 486. The minimum Gasteiger partial charge on any atom is -0.481 e. The van der Waals surface area contributed by atoms with Crippen molar-refractivity contribution in [2.24, 2.45) is 0 Å². The van der Waals surface area contributed by atoms with Crippen molar-refractivity contribution in [1.82, 2.24) is 0 Å². The molecule has 1 rings (SSSR count). The van der Waals surface area contributed by atoms with Gasteiger partial charge in [-0.05, 0) is 5.56 Å². The second-order valence-corrected chi connectivity index (χ2v) is 3.87. The molecule has 1 aromatic carbocycles. The smallest absolute Gasteiger partial charge is 0.322 e. The van der Waals surface area contributed by atoms with E-state index in [1.54, 1.807) is 0 Å². The number of rotatable bonds is 5. The third-order valence-corrected chi connectivity index (χ3v) is 2.70. The van der Waals surface area contributed by atoms with Crippen LogP contribution < -0.4 is 0 Å². The fraction of sp³-hybridized carbons (Fsp3) is 0.200. The molecular formula is C10H8ClNO6. The summed E-state index contributed by atoms with van der Waals surface area (Å²) in [7, 11) is 0. The minimum absolute atomic E-state index is 0.0931. The van der Waals surface area contributed by atoms with Crippen molar-refractivity contribution in [2.75, 3.05) is 0 Å². The molecule has 0 aliphatic carbocycles. The Morgan fingerprint density at radius 1 is 1.17 bits per heavy atom. The van der Waals surface area contributed by atoms with Gasteiger partial charge in [0.1, 0.15) is 11.3 Å². The molecule has 0 bridgehead atoms. The van der Waals surface area contributed by atoms with Crippen LogP contribution >= 0.6 is 11.6 Å². The number of non-ortho nitro benzene ring substituents is 1. The van der Waals surface area contributed by atoms with Crippen LogP contribution in [0.5, 0.6) is 0 Å². The lowest BCUT2D eigenvalue weighted by Gasteiger charge is -2.14. The number of carbonyl (C=O) groups is 2. The summed E-state index contributed by atoms with van der Waals surface area (Å²) >= 11 is 5.50. The first-order valence-corrected chi connectivity index (χ1v) is 5.12. The molecule has 0 aliphatic heterocycles. The van der Waals surface area contributed by atoms with Gasteiger partial charge in [0, 0.05) is 12.1 Å². The van der Waals surface area contributed by atoms with Gasteiger partial charge < -0.3 is 10.2 Å². The van der Waals surface area contributed by atoms with E-state index in [1.165, 1.54) is 12.1 Å². The first-order valence-electron chi connectivity index (χ1n) is 4.68. The normalized spacial score (nSPS) is 13.6. The summed E-state index contributed by atoms with van der Waals surface area (Å²) in [5.41, 5.74) is -0.125. The summed E-state index contributed by atoms with van der Waals surface area (Å²) in [5, 5.41) is 26.4. The number of hydrogen-bond donors (Lipinski definition) is 2. The van der Waals surface area contributed by atoms with Crippen molar-refractivity contribution in [1.29, 1.82) is 0 Å². The van der Waals surface area contributed by atoms with Crippen molar-refractivity contribution in [3.05, 3.63) is 39.9 Å². The highest BCUT2D eigenvalue weighted by Gasteiger charge is 2.33. The Morgan fingerprint density at radius 2 is 1.67 bits per heavy atom. The molecule has 0 saturated heterocycles. The minimum atomic E-state index is -1.65. The van der Waals surface area contributed by atoms with E-state index in [-0.39, 0.29) is 11.3 Å². The summed E-state index contributed by atoms with van der Waals surface area (Å²) < 4.78 is 0. The number of carboxylic acid groups (broad SMARTS) is 2. The maximum Gasteiger partial charge on any atom is 0.322 e. The van der Waals surface area contributed by atoms with Crippen LogP contribution in [0.15, 0.2) is 24.3 Å². The molecule has 96 valence electrons. The molecule has 0 fully saturated rings. The summed E-state index contributed by atoms with van der Waals surface area (Å²) in [6, 6.07) is 4.54. The highest BCUT2D eigenvalue weighted by atomic mass is 35.5. The van der Waals surface area contributed by atoms with Gasteiger partial charge >= 0.3 is 11.9 Å². The predicted molar refractivity (Wildman–Crippen MR) is 60.8 cm³/mol. The zero-order valence-electron chi connectivity index (χ0n) is 8.82. The number of nitro groups is 1. The fourth-order valence-electron chi connectivity index (χ4n) is 1.38. The molecule has 7 nitrogen and oxygen atoms in total. The van der Waals surface area contributed by atoms with Gasteiger partial charge in [0.2, 0.25) is 0 Å². The van der Waals surface area contributed by atoms with E-state index in [2.05, 4.69) is 0 Å². The van der Waals surface area contributed by atoms with Crippen LogP contribution in [0, 0.1) is 10.1 Å². The molecule has 0 saturated carbocycles. The molecule has 2 unspecified atom stereocenters. The van der Waals surface area contributed by atoms with Gasteiger partial charge in [-0.3, -0.25) is 19.7 Å². The van der Waals surface area contributed by atoms with Crippen LogP contribution in [-0.2, 0) is 9.59 Å². The van der Waals surface area contributed by atoms with Gasteiger partial charge in [-0.2, -0.15) is 0 Å². The number of halogens is 1. The number of carboxylic acids is 2. The molecule has 0 aromatic heterocycles. The lowest BCUT2D eigenvalue weighted by molar-refractivity contribution is -0.384. The van der Waals surface area contributed by atoms with Crippen LogP contribution in [0.3, 0.4) is 0 Å². The average Bonchev–Trinajstić information content (AvgIpc) is 2.29. The summed E-state index contributed by atoms with van der Waals surface area (Å²) in [4.78, 5) is 31.5. The van der Waals surface area contributed by atoms with Crippen molar-refractivity contribution in [2.45, 2.75) is 11.3 Å². The van der Waals surface area contributed by atoms with E-state index in [4.69, 9.17) is 21.8 Å². The van der Waals surface area contributed by atoms with Gasteiger partial charge in [-0.1, -0.05) is 12.1 Å². The van der Waals surface area contributed by atoms with Crippen LogP contribution in [0.1, 0.15) is 11.5 Å². The number of nitrogens with zero attached hydrogens (tertiary/aromatic N) is 1. The van der Waals surface area contributed by atoms with Crippen molar-refractivity contribution in [3.63, 3.8) is 0 Å². The Balaban J connectivity index is 3.11. The number of hydrogen-bond acceptors (Lipinski definition) is 4. The summed E-state index contributed by atoms with van der Waals surface area (Å²) in [6.07, 6.45) is 0. The number of nitro benzene ring substituents is 1. The standard InChI is InChI=1S/C10H8ClNO6/c11-8(10(15)16)7(9(13)14)5-1-3-6(4-2-5)12(17)18/h1-4,7-8H,(H,13,14)(H,15,16).